The number of aliphatic carboxylic acids is 1. The number of nitrogens with one attached hydrogen (secondary N) is 1. The summed E-state index contributed by atoms with van der Waals surface area (Å²) in [6.07, 6.45) is 1.10. The summed E-state index contributed by atoms with van der Waals surface area (Å²) in [5, 5.41) is 24.3. The summed E-state index contributed by atoms with van der Waals surface area (Å²) in [7, 11) is 0. The molecule has 7 nitrogen and oxygen atoms in total. The molecule has 0 aliphatic heterocycles. The second-order valence-electron chi connectivity index (χ2n) is 5.07. The third-order valence-electron chi connectivity index (χ3n) is 3.46. The summed E-state index contributed by atoms with van der Waals surface area (Å²) in [6, 6.07) is 2.81. The van der Waals surface area contributed by atoms with Crippen molar-refractivity contribution in [2.24, 2.45) is 5.92 Å². The maximum Gasteiger partial charge on any atom is 0.325 e. The first-order valence-electron chi connectivity index (χ1n) is 6.28. The van der Waals surface area contributed by atoms with E-state index in [0.717, 1.165) is 12.2 Å². The van der Waals surface area contributed by atoms with Gasteiger partial charge >= 0.3 is 5.97 Å². The van der Waals surface area contributed by atoms with E-state index in [1.165, 1.54) is 0 Å². The lowest BCUT2D eigenvalue weighted by molar-refractivity contribution is -0.137. The van der Waals surface area contributed by atoms with Gasteiger partial charge in [-0.2, -0.15) is 4.52 Å². The van der Waals surface area contributed by atoms with Crippen LogP contribution >= 0.6 is 0 Å². The predicted octanol–water partition coefficient (Wildman–Crippen LogP) is 1.13. The Balaban J connectivity index is 1.93. The summed E-state index contributed by atoms with van der Waals surface area (Å²) in [5.74, 6) is 1.48. The van der Waals surface area contributed by atoms with Crippen molar-refractivity contribution < 1.29 is 9.90 Å². The highest BCUT2D eigenvalue weighted by atomic mass is 16.4. The molecule has 0 saturated heterocycles. The molecule has 2 N–H and O–H groups in total. The van der Waals surface area contributed by atoms with Crippen LogP contribution in [0.5, 0.6) is 0 Å². The quantitative estimate of drug-likeness (QED) is 0.857. The smallest absolute Gasteiger partial charge is 0.325 e. The molecule has 0 radical (unpaired) electrons. The third-order valence-corrected chi connectivity index (χ3v) is 3.46. The topological polar surface area (TPSA) is 92.4 Å². The van der Waals surface area contributed by atoms with Crippen molar-refractivity contribution >= 4 is 17.4 Å². The van der Waals surface area contributed by atoms with E-state index >= 15 is 0 Å². The van der Waals surface area contributed by atoms with Gasteiger partial charge in [0.25, 0.3) is 0 Å². The summed E-state index contributed by atoms with van der Waals surface area (Å²) < 4.78 is 1.70. The van der Waals surface area contributed by atoms with Crippen LogP contribution in [0.2, 0.25) is 0 Å². The van der Waals surface area contributed by atoms with Crippen molar-refractivity contribution in [3.63, 3.8) is 0 Å². The Bertz CT molecular complexity index is 638. The molecule has 1 saturated carbocycles. The van der Waals surface area contributed by atoms with Gasteiger partial charge in [-0.15, -0.1) is 15.3 Å². The molecule has 0 aromatic carbocycles. The van der Waals surface area contributed by atoms with Crippen molar-refractivity contribution in [1.82, 2.24) is 19.8 Å². The van der Waals surface area contributed by atoms with Crippen LogP contribution in [0.4, 0.5) is 5.82 Å². The first kappa shape index (κ1) is 11.9. The Morgan fingerprint density at radius 2 is 2.26 bits per heavy atom. The van der Waals surface area contributed by atoms with E-state index in [0.29, 0.717) is 23.3 Å². The molecule has 3 unspecified atom stereocenters. The number of hydrogen-bond acceptors (Lipinski definition) is 5. The molecule has 1 aliphatic carbocycles. The van der Waals surface area contributed by atoms with Crippen LogP contribution in [0.25, 0.3) is 5.65 Å². The normalized spacial score (nSPS) is 23.3. The van der Waals surface area contributed by atoms with Gasteiger partial charge < -0.3 is 10.4 Å². The van der Waals surface area contributed by atoms with Crippen molar-refractivity contribution in [3.05, 3.63) is 18.0 Å². The molecule has 3 atom stereocenters. The number of carboxylic acids is 1. The SMILES string of the molecule is CC(Nc1ccc2nnc(C3CC3C)n2n1)C(=O)O. The average molecular weight is 261 g/mol. The number of fused-ring (bicyclic) bond motifs is 1. The highest BCUT2D eigenvalue weighted by molar-refractivity contribution is 5.76. The summed E-state index contributed by atoms with van der Waals surface area (Å²) in [6.45, 7) is 3.74. The molecule has 100 valence electrons. The molecule has 2 aromatic heterocycles. The van der Waals surface area contributed by atoms with Gasteiger partial charge in [0, 0.05) is 5.92 Å². The summed E-state index contributed by atoms with van der Waals surface area (Å²) in [5.41, 5.74) is 0.683. The predicted molar refractivity (Wildman–Crippen MR) is 68.0 cm³/mol. The first-order chi connectivity index (χ1) is 9.06. The van der Waals surface area contributed by atoms with Gasteiger partial charge in [0.05, 0.1) is 0 Å². The van der Waals surface area contributed by atoms with E-state index in [1.54, 1.807) is 23.6 Å². The lowest BCUT2D eigenvalue weighted by Crippen LogP contribution is -2.26. The second kappa shape index (κ2) is 4.18. The first-order valence-corrected chi connectivity index (χ1v) is 6.28. The minimum atomic E-state index is -0.915. The Labute approximate surface area is 109 Å². The molecule has 0 amide bonds. The summed E-state index contributed by atoms with van der Waals surface area (Å²) in [4.78, 5) is 10.8. The Hall–Kier alpha value is -2.18. The van der Waals surface area contributed by atoms with Gasteiger partial charge in [-0.05, 0) is 31.4 Å². The number of rotatable bonds is 4. The number of hydrogen-bond donors (Lipinski definition) is 2. The Morgan fingerprint density at radius 3 is 2.89 bits per heavy atom. The molecule has 1 fully saturated rings. The van der Waals surface area contributed by atoms with Crippen molar-refractivity contribution in [3.8, 4) is 0 Å². The molecule has 3 rings (SSSR count). The van der Waals surface area contributed by atoms with Crippen molar-refractivity contribution in [1.29, 1.82) is 0 Å². The van der Waals surface area contributed by atoms with Crippen molar-refractivity contribution in [2.45, 2.75) is 32.2 Å². The van der Waals surface area contributed by atoms with E-state index in [9.17, 15) is 4.79 Å². The van der Waals surface area contributed by atoms with Gasteiger partial charge in [-0.25, -0.2) is 0 Å². The zero-order valence-electron chi connectivity index (χ0n) is 10.7. The van der Waals surface area contributed by atoms with E-state index in [2.05, 4.69) is 27.5 Å². The maximum absolute atomic E-state index is 10.8. The van der Waals surface area contributed by atoms with Crippen LogP contribution in [0.1, 0.15) is 32.0 Å². The van der Waals surface area contributed by atoms with Crippen LogP contribution < -0.4 is 5.32 Å². The van der Waals surface area contributed by atoms with Crippen molar-refractivity contribution in [2.75, 3.05) is 5.32 Å². The Kier molecular flexibility index (Phi) is 2.62. The molecule has 1 aliphatic rings. The molecule has 0 spiro atoms. The highest BCUT2D eigenvalue weighted by Gasteiger charge is 2.38. The molecule has 2 aromatic rings. The molecular weight excluding hydrogens is 246 g/mol. The van der Waals surface area contributed by atoms with E-state index < -0.39 is 12.0 Å². The molecule has 2 heterocycles. The van der Waals surface area contributed by atoms with Crippen LogP contribution in [-0.4, -0.2) is 36.9 Å². The van der Waals surface area contributed by atoms with Crippen LogP contribution in [-0.2, 0) is 4.79 Å². The largest absolute Gasteiger partial charge is 0.480 e. The Morgan fingerprint density at radius 1 is 1.53 bits per heavy atom. The molecular formula is C12H15N5O2. The van der Waals surface area contributed by atoms with Gasteiger partial charge in [-0.3, -0.25) is 4.79 Å². The number of carbonyl (C=O) groups is 1. The minimum absolute atomic E-state index is 0.412. The fourth-order valence-corrected chi connectivity index (χ4v) is 2.08. The number of carboxylic acid groups (broad SMARTS) is 1. The van der Waals surface area contributed by atoms with Gasteiger partial charge in [0.2, 0.25) is 0 Å². The molecule has 0 bridgehead atoms. The maximum atomic E-state index is 10.8. The number of nitrogens with zero attached hydrogens (tertiary/aromatic N) is 4. The second-order valence-corrected chi connectivity index (χ2v) is 5.07. The number of anilines is 1. The minimum Gasteiger partial charge on any atom is -0.480 e. The lowest BCUT2D eigenvalue weighted by Gasteiger charge is -2.09. The summed E-state index contributed by atoms with van der Waals surface area (Å²) >= 11 is 0. The fourth-order valence-electron chi connectivity index (χ4n) is 2.08. The highest BCUT2D eigenvalue weighted by Crippen LogP contribution is 2.45. The zero-order chi connectivity index (χ0) is 13.6. The van der Waals surface area contributed by atoms with Gasteiger partial charge in [0.15, 0.2) is 11.5 Å². The standard InChI is InChI=1S/C12H15N5O2/c1-6-5-8(6)11-15-14-10-4-3-9(16-17(10)11)13-7(2)12(18)19/h3-4,6-8H,5H2,1-2H3,(H,13,16)(H,18,19). The molecule has 7 heteroatoms. The van der Waals surface area contributed by atoms with Gasteiger partial charge in [-0.1, -0.05) is 6.92 Å². The van der Waals surface area contributed by atoms with Crippen LogP contribution in [0.15, 0.2) is 12.1 Å². The lowest BCUT2D eigenvalue weighted by atomic mass is 10.3. The fraction of sp³-hybridized carbons (Fsp3) is 0.500. The zero-order valence-corrected chi connectivity index (χ0v) is 10.7. The molecule has 19 heavy (non-hydrogen) atoms. The van der Waals surface area contributed by atoms with Crippen LogP contribution in [0.3, 0.4) is 0 Å². The monoisotopic (exact) mass is 261 g/mol. The van der Waals surface area contributed by atoms with Crippen LogP contribution in [0, 0.1) is 5.92 Å². The van der Waals surface area contributed by atoms with E-state index in [4.69, 9.17) is 5.11 Å². The van der Waals surface area contributed by atoms with E-state index in [1.807, 2.05) is 0 Å². The third kappa shape index (κ3) is 2.11. The van der Waals surface area contributed by atoms with E-state index in [-0.39, 0.29) is 0 Å². The average Bonchev–Trinajstić information content (AvgIpc) is 2.95. The van der Waals surface area contributed by atoms with Gasteiger partial charge in [0.1, 0.15) is 11.9 Å². The number of aromatic nitrogens is 4.